The number of halogens is 4. The topological polar surface area (TPSA) is 168 Å². The van der Waals surface area contributed by atoms with E-state index in [-0.39, 0.29) is 46.5 Å². The number of alkyl halides is 3. The summed E-state index contributed by atoms with van der Waals surface area (Å²) in [6, 6.07) is 6.08. The minimum atomic E-state index is -4.62. The monoisotopic (exact) mass is 620 g/mol. The molecule has 208 valence electrons. The van der Waals surface area contributed by atoms with Crippen molar-refractivity contribution in [3.63, 3.8) is 0 Å². The van der Waals surface area contributed by atoms with Crippen molar-refractivity contribution >= 4 is 67.4 Å². The zero-order valence-corrected chi connectivity index (χ0v) is 21.9. The second-order valence-electron chi connectivity index (χ2n) is 9.05. The van der Waals surface area contributed by atoms with Gasteiger partial charge in [-0.3, -0.25) is 9.59 Å². The lowest BCUT2D eigenvalue weighted by molar-refractivity contribution is -0.137. The van der Waals surface area contributed by atoms with Crippen molar-refractivity contribution in [2.24, 2.45) is 0 Å². The average molecular weight is 621 g/mol. The summed E-state index contributed by atoms with van der Waals surface area (Å²) in [7, 11) is 0. The highest BCUT2D eigenvalue weighted by molar-refractivity contribution is 9.10. The number of carbonyl (C=O) groups excluding carboxylic acids is 2. The highest BCUT2D eigenvalue weighted by atomic mass is 79.9. The number of carbonyl (C=O) groups is 3. The fourth-order valence-electron chi connectivity index (χ4n) is 4.83. The molecule has 1 aliphatic rings. The molecule has 0 spiro atoms. The minimum Gasteiger partial charge on any atom is -0.465 e. The molecule has 0 radical (unpaired) electrons. The SMILES string of the molecule is Nc1ncnc2c1c1cc(C(F)(F)F)ccc1n2CC(=O)N1C[C@@H](NC(=O)O)C[C@H]1C(=O)Nc1cccc(Br)n1. The largest absolute Gasteiger partial charge is 0.465 e. The molecule has 0 bridgehead atoms. The van der Waals surface area contributed by atoms with Gasteiger partial charge in [0.15, 0.2) is 0 Å². The Bertz CT molecular complexity index is 1660. The fraction of sp³-hybridized carbons (Fsp3) is 0.250. The number of anilines is 2. The number of nitrogen functional groups attached to an aromatic ring is 1. The van der Waals surface area contributed by atoms with Crippen LogP contribution in [0.4, 0.5) is 29.6 Å². The summed E-state index contributed by atoms with van der Waals surface area (Å²) in [6.45, 7) is -0.526. The molecule has 1 aromatic carbocycles. The Kier molecular flexibility index (Phi) is 6.95. The number of likely N-dealkylation sites (tertiary alicyclic amines) is 1. The van der Waals surface area contributed by atoms with Crippen LogP contribution in [0.1, 0.15) is 12.0 Å². The standard InChI is InChI=1S/C24H20BrF3N8O4/c25-16-2-1-3-17(33-16)34-22(38)15-7-12(32-23(39)40)8-35(15)18(37)9-36-14-5-4-11(24(26,27)28)6-13(14)19-20(29)30-10-31-21(19)36/h1-6,10,12,15,32H,7-9H2,(H,39,40)(H2,29,30,31)(H,33,34,38)/t12-,15-/m0/s1. The molecule has 1 fully saturated rings. The van der Waals surface area contributed by atoms with E-state index in [0.29, 0.717) is 4.60 Å². The van der Waals surface area contributed by atoms with Gasteiger partial charge in [-0.25, -0.2) is 19.7 Å². The van der Waals surface area contributed by atoms with Crippen molar-refractivity contribution in [1.29, 1.82) is 0 Å². The van der Waals surface area contributed by atoms with Crippen LogP contribution in [0.25, 0.3) is 21.9 Å². The summed E-state index contributed by atoms with van der Waals surface area (Å²) in [5.74, 6) is -1.02. The number of aromatic nitrogens is 4. The number of nitrogens with zero attached hydrogens (tertiary/aromatic N) is 5. The first kappa shape index (κ1) is 27.1. The van der Waals surface area contributed by atoms with Gasteiger partial charge < -0.3 is 30.9 Å². The number of fused-ring (bicyclic) bond motifs is 3. The molecule has 0 unspecified atom stereocenters. The van der Waals surface area contributed by atoms with Gasteiger partial charge in [-0.05, 0) is 52.7 Å². The smallest absolute Gasteiger partial charge is 0.416 e. The number of carboxylic acid groups (broad SMARTS) is 1. The molecule has 3 amide bonds. The fourth-order valence-corrected chi connectivity index (χ4v) is 5.17. The van der Waals surface area contributed by atoms with Crippen LogP contribution in [0.5, 0.6) is 0 Å². The molecule has 12 nitrogen and oxygen atoms in total. The zero-order valence-electron chi connectivity index (χ0n) is 20.3. The number of rotatable bonds is 5. The van der Waals surface area contributed by atoms with Crippen molar-refractivity contribution in [3.8, 4) is 0 Å². The van der Waals surface area contributed by atoms with Gasteiger partial charge >= 0.3 is 12.3 Å². The molecule has 5 N–H and O–H groups in total. The molecule has 5 rings (SSSR count). The quantitative estimate of drug-likeness (QED) is 0.247. The van der Waals surface area contributed by atoms with E-state index < -0.39 is 48.3 Å². The number of amides is 3. The molecular weight excluding hydrogens is 601 g/mol. The average Bonchev–Trinajstić information content (AvgIpc) is 3.43. The summed E-state index contributed by atoms with van der Waals surface area (Å²) in [6.07, 6.45) is -4.81. The first-order valence-electron chi connectivity index (χ1n) is 11.7. The van der Waals surface area contributed by atoms with E-state index in [1.165, 1.54) is 15.5 Å². The molecule has 3 aromatic heterocycles. The van der Waals surface area contributed by atoms with E-state index >= 15 is 0 Å². The van der Waals surface area contributed by atoms with E-state index in [9.17, 15) is 32.7 Å². The van der Waals surface area contributed by atoms with Crippen LogP contribution < -0.4 is 16.4 Å². The first-order chi connectivity index (χ1) is 18.9. The van der Waals surface area contributed by atoms with Crippen LogP contribution in [0.15, 0.2) is 47.3 Å². The van der Waals surface area contributed by atoms with Crippen molar-refractivity contribution in [3.05, 3.63) is 52.9 Å². The van der Waals surface area contributed by atoms with Gasteiger partial charge in [-0.2, -0.15) is 13.2 Å². The molecule has 0 saturated carbocycles. The maximum Gasteiger partial charge on any atom is 0.416 e. The predicted molar refractivity (Wildman–Crippen MR) is 140 cm³/mol. The molecule has 1 saturated heterocycles. The lowest BCUT2D eigenvalue weighted by atomic mass is 10.1. The van der Waals surface area contributed by atoms with Crippen LogP contribution >= 0.6 is 15.9 Å². The van der Waals surface area contributed by atoms with Crippen molar-refractivity contribution in [2.75, 3.05) is 17.6 Å². The van der Waals surface area contributed by atoms with E-state index in [1.54, 1.807) is 18.2 Å². The number of hydrogen-bond acceptors (Lipinski definition) is 7. The van der Waals surface area contributed by atoms with Crippen molar-refractivity contribution < 1.29 is 32.7 Å². The maximum atomic E-state index is 13.6. The lowest BCUT2D eigenvalue weighted by Gasteiger charge is -2.24. The highest BCUT2D eigenvalue weighted by Gasteiger charge is 2.41. The Morgan fingerprint density at radius 1 is 1.18 bits per heavy atom. The van der Waals surface area contributed by atoms with Crippen molar-refractivity contribution in [1.82, 2.24) is 29.7 Å². The van der Waals surface area contributed by atoms with E-state index in [1.807, 2.05) is 0 Å². The van der Waals surface area contributed by atoms with Gasteiger partial charge in [0, 0.05) is 11.9 Å². The third kappa shape index (κ3) is 5.21. The Morgan fingerprint density at radius 3 is 2.65 bits per heavy atom. The second-order valence-corrected chi connectivity index (χ2v) is 9.86. The Hall–Kier alpha value is -4.47. The van der Waals surface area contributed by atoms with Gasteiger partial charge in [-0.15, -0.1) is 0 Å². The van der Waals surface area contributed by atoms with Gasteiger partial charge in [-0.1, -0.05) is 6.07 Å². The highest BCUT2D eigenvalue weighted by Crippen LogP contribution is 2.36. The normalized spacial score (nSPS) is 17.4. The van der Waals surface area contributed by atoms with E-state index in [2.05, 4.69) is 41.5 Å². The number of pyridine rings is 1. The van der Waals surface area contributed by atoms with Gasteiger partial charge in [0.05, 0.1) is 22.5 Å². The zero-order chi connectivity index (χ0) is 28.8. The van der Waals surface area contributed by atoms with Crippen LogP contribution in [-0.4, -0.2) is 66.1 Å². The predicted octanol–water partition coefficient (Wildman–Crippen LogP) is 3.22. The summed E-state index contributed by atoms with van der Waals surface area (Å²) in [5.41, 5.74) is 5.47. The van der Waals surface area contributed by atoms with Crippen LogP contribution in [0, 0.1) is 0 Å². The van der Waals surface area contributed by atoms with E-state index in [4.69, 9.17) is 5.73 Å². The molecule has 16 heteroatoms. The Labute approximate surface area is 231 Å². The number of benzene rings is 1. The Balaban J connectivity index is 1.50. The van der Waals surface area contributed by atoms with Gasteiger partial charge in [0.1, 0.15) is 40.8 Å². The van der Waals surface area contributed by atoms with Gasteiger partial charge in [0.25, 0.3) is 0 Å². The summed E-state index contributed by atoms with van der Waals surface area (Å²) < 4.78 is 42.2. The van der Waals surface area contributed by atoms with Gasteiger partial charge in [0.2, 0.25) is 11.8 Å². The molecule has 1 aliphatic heterocycles. The summed E-state index contributed by atoms with van der Waals surface area (Å²) in [4.78, 5) is 51.5. The minimum absolute atomic E-state index is 0.00485. The first-order valence-corrected chi connectivity index (χ1v) is 12.5. The molecule has 2 atom stereocenters. The number of hydrogen-bond donors (Lipinski definition) is 4. The summed E-state index contributed by atoms with van der Waals surface area (Å²) in [5, 5.41) is 14.4. The summed E-state index contributed by atoms with van der Waals surface area (Å²) >= 11 is 3.21. The van der Waals surface area contributed by atoms with E-state index in [0.717, 1.165) is 18.5 Å². The van der Waals surface area contributed by atoms with Crippen LogP contribution in [-0.2, 0) is 22.3 Å². The molecule has 4 aromatic rings. The molecule has 4 heterocycles. The number of nitrogens with one attached hydrogen (secondary N) is 2. The lowest BCUT2D eigenvalue weighted by Crippen LogP contribution is -2.45. The third-order valence-electron chi connectivity index (χ3n) is 6.51. The van der Waals surface area contributed by atoms with Crippen LogP contribution in [0.2, 0.25) is 0 Å². The third-order valence-corrected chi connectivity index (χ3v) is 6.95. The number of nitrogens with two attached hydrogens (primary N) is 1. The molecule has 0 aliphatic carbocycles. The maximum absolute atomic E-state index is 13.6. The van der Waals surface area contributed by atoms with Crippen molar-refractivity contribution in [2.45, 2.75) is 31.2 Å². The molecular formula is C24H20BrF3N8O4. The van der Waals surface area contributed by atoms with Crippen LogP contribution in [0.3, 0.4) is 0 Å². The molecule has 40 heavy (non-hydrogen) atoms. The second kappa shape index (κ2) is 10.3. The Morgan fingerprint density at radius 2 is 1.95 bits per heavy atom.